The molecule has 30 heavy (non-hydrogen) atoms. The molecule has 0 aliphatic rings. The van der Waals surface area contributed by atoms with E-state index in [1.165, 1.54) is 11.1 Å². The maximum atomic E-state index is 13.1. The minimum absolute atomic E-state index is 0.0724. The van der Waals surface area contributed by atoms with Crippen LogP contribution >= 0.6 is 35.0 Å². The second-order valence-corrected chi connectivity index (χ2v) is 8.87. The average Bonchev–Trinajstić information content (AvgIpc) is 2.70. The van der Waals surface area contributed by atoms with E-state index in [2.05, 4.69) is 30.4 Å². The SMILES string of the molecule is CCNC(=O)[C@@H](CC)N(Cc1ccc(Cl)c(Cl)c1)C(=O)CSCc1cccc(C)c1. The molecule has 162 valence electrons. The van der Waals surface area contributed by atoms with E-state index in [0.29, 0.717) is 35.3 Å². The first-order chi connectivity index (χ1) is 14.3. The van der Waals surface area contributed by atoms with E-state index in [0.717, 1.165) is 11.3 Å². The lowest BCUT2D eigenvalue weighted by Crippen LogP contribution is -2.49. The van der Waals surface area contributed by atoms with E-state index in [-0.39, 0.29) is 11.8 Å². The van der Waals surface area contributed by atoms with E-state index in [1.807, 2.05) is 26.0 Å². The fourth-order valence-corrected chi connectivity index (χ4v) is 4.37. The van der Waals surface area contributed by atoms with Crippen molar-refractivity contribution in [2.24, 2.45) is 0 Å². The maximum Gasteiger partial charge on any atom is 0.242 e. The molecule has 0 saturated carbocycles. The van der Waals surface area contributed by atoms with Gasteiger partial charge in [-0.15, -0.1) is 11.8 Å². The van der Waals surface area contributed by atoms with Gasteiger partial charge in [-0.2, -0.15) is 0 Å². The van der Waals surface area contributed by atoms with Crippen molar-refractivity contribution in [3.8, 4) is 0 Å². The highest BCUT2D eigenvalue weighted by Crippen LogP contribution is 2.24. The highest BCUT2D eigenvalue weighted by atomic mass is 35.5. The highest BCUT2D eigenvalue weighted by Gasteiger charge is 2.28. The zero-order valence-electron chi connectivity index (χ0n) is 17.6. The van der Waals surface area contributed by atoms with E-state index in [4.69, 9.17) is 23.2 Å². The number of benzene rings is 2. The molecule has 0 heterocycles. The molecule has 0 spiro atoms. The van der Waals surface area contributed by atoms with Gasteiger partial charge in [0.15, 0.2) is 0 Å². The Morgan fingerprint density at radius 1 is 1.07 bits per heavy atom. The smallest absolute Gasteiger partial charge is 0.242 e. The van der Waals surface area contributed by atoms with E-state index < -0.39 is 6.04 Å². The lowest BCUT2D eigenvalue weighted by atomic mass is 10.1. The number of hydrogen-bond donors (Lipinski definition) is 1. The molecular weight excluding hydrogens is 439 g/mol. The van der Waals surface area contributed by atoms with Gasteiger partial charge in [-0.25, -0.2) is 0 Å². The number of carbonyl (C=O) groups is 2. The van der Waals surface area contributed by atoms with Gasteiger partial charge >= 0.3 is 0 Å². The van der Waals surface area contributed by atoms with Gasteiger partial charge in [0.05, 0.1) is 15.8 Å². The molecule has 0 aliphatic heterocycles. The van der Waals surface area contributed by atoms with Crippen molar-refractivity contribution < 1.29 is 9.59 Å². The molecule has 2 rings (SSSR count). The first kappa shape index (κ1) is 24.6. The Balaban J connectivity index is 2.14. The van der Waals surface area contributed by atoms with Gasteiger partial charge in [-0.05, 0) is 43.5 Å². The second-order valence-electron chi connectivity index (χ2n) is 7.07. The van der Waals surface area contributed by atoms with Crippen molar-refractivity contribution >= 4 is 46.8 Å². The van der Waals surface area contributed by atoms with Gasteiger partial charge in [0, 0.05) is 18.8 Å². The van der Waals surface area contributed by atoms with Crippen LogP contribution in [0.4, 0.5) is 0 Å². The first-order valence-electron chi connectivity index (χ1n) is 10.00. The largest absolute Gasteiger partial charge is 0.355 e. The summed E-state index contributed by atoms with van der Waals surface area (Å²) in [5.41, 5.74) is 3.21. The molecule has 7 heteroatoms. The number of amides is 2. The van der Waals surface area contributed by atoms with Crippen molar-refractivity contribution in [2.75, 3.05) is 12.3 Å². The van der Waals surface area contributed by atoms with Crippen LogP contribution in [-0.2, 0) is 21.9 Å². The Morgan fingerprint density at radius 3 is 2.47 bits per heavy atom. The van der Waals surface area contributed by atoms with Crippen LogP contribution in [0, 0.1) is 6.92 Å². The van der Waals surface area contributed by atoms with E-state index in [1.54, 1.807) is 28.8 Å². The number of likely N-dealkylation sites (N-methyl/N-ethyl adjacent to an activating group) is 1. The quantitative estimate of drug-likeness (QED) is 0.504. The number of halogens is 2. The van der Waals surface area contributed by atoms with Crippen LogP contribution in [-0.4, -0.2) is 35.1 Å². The van der Waals surface area contributed by atoms with Gasteiger partial charge in [-0.1, -0.05) is 66.0 Å². The fourth-order valence-electron chi connectivity index (χ4n) is 3.19. The fraction of sp³-hybridized carbons (Fsp3) is 0.391. The lowest BCUT2D eigenvalue weighted by Gasteiger charge is -2.30. The summed E-state index contributed by atoms with van der Waals surface area (Å²) < 4.78 is 0. The maximum absolute atomic E-state index is 13.1. The lowest BCUT2D eigenvalue weighted by molar-refractivity contribution is -0.139. The predicted octanol–water partition coefficient (Wildman–Crippen LogP) is 5.48. The van der Waals surface area contributed by atoms with E-state index >= 15 is 0 Å². The number of nitrogens with zero attached hydrogens (tertiary/aromatic N) is 1. The molecule has 0 bridgehead atoms. The Hall–Kier alpha value is -1.69. The molecule has 0 aromatic heterocycles. The molecule has 0 fully saturated rings. The van der Waals surface area contributed by atoms with Gasteiger partial charge in [-0.3, -0.25) is 9.59 Å². The summed E-state index contributed by atoms with van der Waals surface area (Å²) in [6.45, 7) is 6.65. The molecular formula is C23H28Cl2N2O2S. The second kappa shape index (κ2) is 12.2. The Morgan fingerprint density at radius 2 is 1.83 bits per heavy atom. The Bertz CT molecular complexity index is 876. The summed E-state index contributed by atoms with van der Waals surface area (Å²) in [6, 6.07) is 13.0. The van der Waals surface area contributed by atoms with Crippen LogP contribution in [0.2, 0.25) is 10.0 Å². The monoisotopic (exact) mass is 466 g/mol. The molecule has 1 atom stereocenters. The molecule has 0 aliphatic carbocycles. The third-order valence-corrected chi connectivity index (χ3v) is 6.38. The summed E-state index contributed by atoms with van der Waals surface area (Å²) in [6.07, 6.45) is 0.529. The van der Waals surface area contributed by atoms with Gasteiger partial charge in [0.2, 0.25) is 11.8 Å². The van der Waals surface area contributed by atoms with Crippen molar-refractivity contribution in [3.63, 3.8) is 0 Å². The molecule has 1 N–H and O–H groups in total. The number of aryl methyl sites for hydroxylation is 1. The number of rotatable bonds is 10. The van der Waals surface area contributed by atoms with Crippen LogP contribution in [0.3, 0.4) is 0 Å². The summed E-state index contributed by atoms with van der Waals surface area (Å²) >= 11 is 13.7. The van der Waals surface area contributed by atoms with Gasteiger partial charge in [0.25, 0.3) is 0 Å². The molecule has 2 aromatic rings. The van der Waals surface area contributed by atoms with Crippen LogP contribution in [0.1, 0.15) is 37.0 Å². The summed E-state index contributed by atoms with van der Waals surface area (Å²) in [5, 5.41) is 3.73. The van der Waals surface area contributed by atoms with Crippen LogP contribution in [0.25, 0.3) is 0 Å². The zero-order valence-corrected chi connectivity index (χ0v) is 19.9. The van der Waals surface area contributed by atoms with Crippen molar-refractivity contribution in [2.45, 2.75) is 45.5 Å². The molecule has 2 amide bonds. The number of carbonyl (C=O) groups excluding carboxylic acids is 2. The topological polar surface area (TPSA) is 49.4 Å². The minimum Gasteiger partial charge on any atom is -0.355 e. The molecule has 2 aromatic carbocycles. The van der Waals surface area contributed by atoms with Crippen LogP contribution < -0.4 is 5.32 Å². The number of thioether (sulfide) groups is 1. The molecule has 0 unspecified atom stereocenters. The van der Waals surface area contributed by atoms with Crippen LogP contribution in [0.15, 0.2) is 42.5 Å². The van der Waals surface area contributed by atoms with Crippen molar-refractivity contribution in [3.05, 3.63) is 69.2 Å². The van der Waals surface area contributed by atoms with Gasteiger partial charge in [0.1, 0.15) is 6.04 Å². The normalized spacial score (nSPS) is 11.8. The first-order valence-corrected chi connectivity index (χ1v) is 11.9. The molecule has 0 saturated heterocycles. The highest BCUT2D eigenvalue weighted by molar-refractivity contribution is 7.99. The van der Waals surface area contributed by atoms with Crippen molar-refractivity contribution in [1.82, 2.24) is 10.2 Å². The zero-order chi connectivity index (χ0) is 22.1. The third-order valence-electron chi connectivity index (χ3n) is 4.65. The molecule has 0 radical (unpaired) electrons. The summed E-state index contributed by atoms with van der Waals surface area (Å²) in [4.78, 5) is 27.4. The summed E-state index contributed by atoms with van der Waals surface area (Å²) in [7, 11) is 0. The number of hydrogen-bond acceptors (Lipinski definition) is 3. The standard InChI is InChI=1S/C23H28Cl2N2O2S/c1-4-21(23(29)26-5-2)27(13-17-9-10-19(24)20(25)12-17)22(28)15-30-14-18-8-6-7-16(3)11-18/h6-12,21H,4-5,13-15H2,1-3H3,(H,26,29)/t21-/m1/s1. The minimum atomic E-state index is -0.536. The summed E-state index contributed by atoms with van der Waals surface area (Å²) in [5.74, 6) is 0.825. The Labute approximate surface area is 193 Å². The predicted molar refractivity (Wildman–Crippen MR) is 127 cm³/mol. The van der Waals surface area contributed by atoms with Crippen molar-refractivity contribution in [1.29, 1.82) is 0 Å². The van der Waals surface area contributed by atoms with E-state index in [9.17, 15) is 9.59 Å². The van der Waals surface area contributed by atoms with Gasteiger partial charge < -0.3 is 10.2 Å². The molecule has 4 nitrogen and oxygen atoms in total. The Kier molecular flexibility index (Phi) is 10.0. The third kappa shape index (κ3) is 7.22. The number of nitrogens with one attached hydrogen (secondary N) is 1. The average molecular weight is 467 g/mol. The van der Waals surface area contributed by atoms with Crippen LogP contribution in [0.5, 0.6) is 0 Å².